The molecule has 1 aliphatic heterocycles. The summed E-state index contributed by atoms with van der Waals surface area (Å²) in [5.41, 5.74) is 2.05. The number of carbonyl (C=O) groups excluding carboxylic acids is 1. The number of ether oxygens (including phenoxy) is 1. The molecular formula is C23H24N2O5S. The van der Waals surface area contributed by atoms with Gasteiger partial charge in [-0.15, -0.1) is 0 Å². The van der Waals surface area contributed by atoms with Gasteiger partial charge in [0.1, 0.15) is 5.52 Å². The number of sulfonamides is 1. The number of benzene rings is 2. The van der Waals surface area contributed by atoms with Crippen molar-refractivity contribution in [3.63, 3.8) is 0 Å². The second kappa shape index (κ2) is 9.45. The molecule has 162 valence electrons. The molecule has 1 aromatic heterocycles. The van der Waals surface area contributed by atoms with Gasteiger partial charge < -0.3 is 9.15 Å². The van der Waals surface area contributed by atoms with Gasteiger partial charge in [0.15, 0.2) is 12.2 Å². The molecule has 0 saturated carbocycles. The molecule has 7 nitrogen and oxygen atoms in total. The highest BCUT2D eigenvalue weighted by Gasteiger charge is 2.24. The predicted molar refractivity (Wildman–Crippen MR) is 117 cm³/mol. The highest BCUT2D eigenvalue weighted by molar-refractivity contribution is 7.89. The van der Waals surface area contributed by atoms with E-state index in [0.717, 1.165) is 25.7 Å². The van der Waals surface area contributed by atoms with Crippen molar-refractivity contribution >= 4 is 33.2 Å². The Balaban J connectivity index is 1.34. The van der Waals surface area contributed by atoms with Crippen LogP contribution in [-0.4, -0.2) is 36.8 Å². The van der Waals surface area contributed by atoms with Gasteiger partial charge >= 0.3 is 5.97 Å². The van der Waals surface area contributed by atoms with Crippen LogP contribution in [0.15, 0.2) is 63.9 Å². The second-order valence-corrected chi connectivity index (χ2v) is 9.34. The largest absolute Gasteiger partial charge is 0.453 e. The zero-order chi connectivity index (χ0) is 21.7. The van der Waals surface area contributed by atoms with E-state index in [-0.39, 0.29) is 11.5 Å². The van der Waals surface area contributed by atoms with Crippen molar-refractivity contribution in [1.82, 2.24) is 9.29 Å². The number of esters is 1. The Kier molecular flexibility index (Phi) is 6.48. The second-order valence-electron chi connectivity index (χ2n) is 7.40. The van der Waals surface area contributed by atoms with Gasteiger partial charge in [0.2, 0.25) is 15.9 Å². The maximum Gasteiger partial charge on any atom is 0.331 e. The van der Waals surface area contributed by atoms with E-state index >= 15 is 0 Å². The van der Waals surface area contributed by atoms with Gasteiger partial charge in [-0.25, -0.2) is 18.2 Å². The third kappa shape index (κ3) is 5.21. The smallest absolute Gasteiger partial charge is 0.331 e. The van der Waals surface area contributed by atoms with E-state index in [2.05, 4.69) is 4.98 Å². The Bertz CT molecular complexity index is 1140. The first-order valence-corrected chi connectivity index (χ1v) is 11.8. The zero-order valence-corrected chi connectivity index (χ0v) is 17.9. The maximum absolute atomic E-state index is 12.8. The lowest BCUT2D eigenvalue weighted by molar-refractivity contribution is -0.139. The molecule has 1 fully saturated rings. The minimum atomic E-state index is -3.48. The predicted octanol–water partition coefficient (Wildman–Crippen LogP) is 4.15. The van der Waals surface area contributed by atoms with Crippen molar-refractivity contribution < 1.29 is 22.4 Å². The summed E-state index contributed by atoms with van der Waals surface area (Å²) in [6, 6.07) is 13.8. The highest BCUT2D eigenvalue weighted by atomic mass is 32.2. The van der Waals surface area contributed by atoms with E-state index in [1.165, 1.54) is 6.08 Å². The molecule has 0 N–H and O–H groups in total. The molecule has 0 unspecified atom stereocenters. The number of para-hydroxylation sites is 2. The van der Waals surface area contributed by atoms with Crippen LogP contribution < -0.4 is 0 Å². The Morgan fingerprint density at radius 2 is 1.74 bits per heavy atom. The molecule has 0 radical (unpaired) electrons. The summed E-state index contributed by atoms with van der Waals surface area (Å²) in [6.45, 7) is 1.07. The molecule has 2 heterocycles. The topological polar surface area (TPSA) is 89.7 Å². The summed E-state index contributed by atoms with van der Waals surface area (Å²) >= 11 is 0. The minimum Gasteiger partial charge on any atom is -0.453 e. The Morgan fingerprint density at radius 3 is 2.45 bits per heavy atom. The van der Waals surface area contributed by atoms with Crippen LogP contribution in [0.2, 0.25) is 0 Å². The van der Waals surface area contributed by atoms with Crippen molar-refractivity contribution in [1.29, 1.82) is 0 Å². The molecule has 0 amide bonds. The van der Waals surface area contributed by atoms with Gasteiger partial charge in [-0.05, 0) is 48.7 Å². The molecular weight excluding hydrogens is 416 g/mol. The van der Waals surface area contributed by atoms with Crippen molar-refractivity contribution in [3.8, 4) is 0 Å². The Morgan fingerprint density at radius 1 is 1.03 bits per heavy atom. The lowest BCUT2D eigenvalue weighted by Crippen LogP contribution is -2.31. The van der Waals surface area contributed by atoms with Crippen molar-refractivity contribution in [2.45, 2.75) is 37.2 Å². The van der Waals surface area contributed by atoms with Crippen molar-refractivity contribution in [2.75, 3.05) is 13.1 Å². The highest BCUT2D eigenvalue weighted by Crippen LogP contribution is 2.21. The summed E-state index contributed by atoms with van der Waals surface area (Å²) < 4.78 is 37.9. The van der Waals surface area contributed by atoms with Crippen LogP contribution in [0, 0.1) is 0 Å². The molecule has 2 aromatic carbocycles. The van der Waals surface area contributed by atoms with Crippen LogP contribution in [0.1, 0.15) is 37.1 Å². The lowest BCUT2D eigenvalue weighted by atomic mass is 10.2. The Labute approximate surface area is 181 Å². The van der Waals surface area contributed by atoms with Gasteiger partial charge in [0.25, 0.3) is 0 Å². The summed E-state index contributed by atoms with van der Waals surface area (Å²) in [7, 11) is -3.48. The standard InChI is InChI=1S/C23H24N2O5S/c26-23(29-17-22-24-20-7-3-4-8-21(20)30-22)14-11-18-9-12-19(13-10-18)31(27,28)25-15-5-1-2-6-16-25/h3-4,7-14H,1-2,5-6,15-17H2/b14-11+. The number of rotatable bonds is 6. The number of oxazole rings is 1. The minimum absolute atomic E-state index is 0.0646. The van der Waals surface area contributed by atoms with E-state index in [4.69, 9.17) is 9.15 Å². The normalized spacial score (nSPS) is 15.9. The van der Waals surface area contributed by atoms with Crippen LogP contribution in [-0.2, 0) is 26.2 Å². The number of fused-ring (bicyclic) bond motifs is 1. The number of nitrogens with zero attached hydrogens (tertiary/aromatic N) is 2. The first-order chi connectivity index (χ1) is 15.0. The third-order valence-electron chi connectivity index (χ3n) is 5.17. The fourth-order valence-electron chi connectivity index (χ4n) is 3.51. The molecule has 0 spiro atoms. The van der Waals surface area contributed by atoms with E-state index in [0.29, 0.717) is 35.6 Å². The van der Waals surface area contributed by atoms with Crippen LogP contribution in [0.4, 0.5) is 0 Å². The summed E-state index contributed by atoms with van der Waals surface area (Å²) in [5.74, 6) is -0.213. The van der Waals surface area contributed by atoms with Gasteiger partial charge in [0.05, 0.1) is 4.90 Å². The number of hydrogen-bond donors (Lipinski definition) is 0. The molecule has 1 aliphatic rings. The third-order valence-corrected chi connectivity index (χ3v) is 7.08. The SMILES string of the molecule is O=C(/C=C/c1ccc(S(=O)(=O)N2CCCCCC2)cc1)OCc1nc2ccccc2o1. The molecule has 3 aromatic rings. The molecule has 0 aliphatic carbocycles. The van der Waals surface area contributed by atoms with Gasteiger partial charge in [-0.1, -0.05) is 37.1 Å². The monoisotopic (exact) mass is 440 g/mol. The number of hydrogen-bond acceptors (Lipinski definition) is 6. The maximum atomic E-state index is 12.8. The molecule has 0 atom stereocenters. The quantitative estimate of drug-likeness (QED) is 0.423. The summed E-state index contributed by atoms with van der Waals surface area (Å²) in [5, 5.41) is 0. The van der Waals surface area contributed by atoms with E-state index in [9.17, 15) is 13.2 Å². The fourth-order valence-corrected chi connectivity index (χ4v) is 5.03. The van der Waals surface area contributed by atoms with Crippen LogP contribution in [0.5, 0.6) is 0 Å². The van der Waals surface area contributed by atoms with E-state index in [1.807, 2.05) is 18.2 Å². The zero-order valence-electron chi connectivity index (χ0n) is 17.1. The van der Waals surface area contributed by atoms with Gasteiger partial charge in [-0.3, -0.25) is 0 Å². The molecule has 0 bridgehead atoms. The summed E-state index contributed by atoms with van der Waals surface area (Å²) in [6.07, 6.45) is 6.80. The van der Waals surface area contributed by atoms with Crippen molar-refractivity contribution in [2.24, 2.45) is 0 Å². The van der Waals surface area contributed by atoms with Gasteiger partial charge in [-0.2, -0.15) is 4.31 Å². The van der Waals surface area contributed by atoms with Crippen LogP contribution >= 0.6 is 0 Å². The van der Waals surface area contributed by atoms with E-state index < -0.39 is 16.0 Å². The molecule has 8 heteroatoms. The lowest BCUT2D eigenvalue weighted by Gasteiger charge is -2.19. The molecule has 4 rings (SSSR count). The van der Waals surface area contributed by atoms with Gasteiger partial charge in [0, 0.05) is 19.2 Å². The fraction of sp³-hybridized carbons (Fsp3) is 0.304. The van der Waals surface area contributed by atoms with Crippen molar-refractivity contribution in [3.05, 3.63) is 66.1 Å². The first-order valence-electron chi connectivity index (χ1n) is 10.3. The van der Waals surface area contributed by atoms with Crippen LogP contribution in [0.25, 0.3) is 17.2 Å². The Hall–Kier alpha value is -2.97. The molecule has 31 heavy (non-hydrogen) atoms. The average Bonchev–Trinajstić information content (AvgIpc) is 2.99. The number of carbonyl (C=O) groups is 1. The number of aromatic nitrogens is 1. The van der Waals surface area contributed by atoms with Crippen LogP contribution in [0.3, 0.4) is 0 Å². The summed E-state index contributed by atoms with van der Waals surface area (Å²) in [4.78, 5) is 16.5. The molecule has 1 saturated heterocycles. The van der Waals surface area contributed by atoms with E-state index in [1.54, 1.807) is 40.7 Å². The average molecular weight is 441 g/mol. The first kappa shape index (κ1) is 21.3.